The molecule has 2 aliphatic rings. The predicted molar refractivity (Wildman–Crippen MR) is 62.0 cm³/mol. The van der Waals surface area contributed by atoms with Crippen LogP contribution in [0, 0.1) is 5.92 Å². The number of hydrogen-bond acceptors (Lipinski definition) is 3. The Kier molecular flexibility index (Phi) is 2.48. The van der Waals surface area contributed by atoms with Crippen molar-refractivity contribution in [3.05, 3.63) is 23.8 Å². The van der Waals surface area contributed by atoms with Gasteiger partial charge in [-0.25, -0.2) is 0 Å². The van der Waals surface area contributed by atoms with Gasteiger partial charge in [0.1, 0.15) is 13.2 Å². The van der Waals surface area contributed by atoms with E-state index in [1.807, 2.05) is 13.1 Å². The summed E-state index contributed by atoms with van der Waals surface area (Å²) in [5.74, 6) is 2.57. The van der Waals surface area contributed by atoms with Crippen LogP contribution in [0.3, 0.4) is 0 Å². The molecule has 3 nitrogen and oxygen atoms in total. The maximum atomic E-state index is 5.61. The van der Waals surface area contributed by atoms with Gasteiger partial charge in [-0.3, -0.25) is 0 Å². The van der Waals surface area contributed by atoms with Crippen LogP contribution < -0.4 is 14.8 Å². The van der Waals surface area contributed by atoms with E-state index >= 15 is 0 Å². The first kappa shape index (κ1) is 9.97. The van der Waals surface area contributed by atoms with Crippen molar-refractivity contribution in [3.8, 4) is 11.5 Å². The highest BCUT2D eigenvalue weighted by atomic mass is 16.6. The van der Waals surface area contributed by atoms with Gasteiger partial charge in [0.25, 0.3) is 0 Å². The Morgan fingerprint density at radius 3 is 2.62 bits per heavy atom. The average molecular weight is 219 g/mol. The van der Waals surface area contributed by atoms with E-state index in [1.165, 1.54) is 18.4 Å². The van der Waals surface area contributed by atoms with Gasteiger partial charge in [-0.05, 0) is 43.5 Å². The van der Waals surface area contributed by atoms with Crippen molar-refractivity contribution in [1.82, 2.24) is 5.32 Å². The molecule has 1 heterocycles. The SMILES string of the molecule is CNC(c1ccc2c(c1)OCCO2)C1CC1. The highest BCUT2D eigenvalue weighted by Crippen LogP contribution is 2.42. The van der Waals surface area contributed by atoms with Crippen LogP contribution in [0.4, 0.5) is 0 Å². The van der Waals surface area contributed by atoms with Gasteiger partial charge in [-0.15, -0.1) is 0 Å². The molecular formula is C13H17NO2. The van der Waals surface area contributed by atoms with Crippen molar-refractivity contribution < 1.29 is 9.47 Å². The zero-order valence-electron chi connectivity index (χ0n) is 9.53. The molecule has 1 aromatic rings. The third kappa shape index (κ3) is 1.76. The highest BCUT2D eigenvalue weighted by molar-refractivity contribution is 5.45. The van der Waals surface area contributed by atoms with Gasteiger partial charge in [0.15, 0.2) is 11.5 Å². The highest BCUT2D eigenvalue weighted by Gasteiger charge is 2.31. The molecule has 1 aromatic carbocycles. The van der Waals surface area contributed by atoms with E-state index in [2.05, 4.69) is 17.4 Å². The second-order valence-corrected chi connectivity index (χ2v) is 4.51. The second-order valence-electron chi connectivity index (χ2n) is 4.51. The summed E-state index contributed by atoms with van der Waals surface area (Å²) in [4.78, 5) is 0. The second kappa shape index (κ2) is 3.98. The first-order valence-corrected chi connectivity index (χ1v) is 5.95. The molecular weight excluding hydrogens is 202 g/mol. The van der Waals surface area contributed by atoms with Crippen LogP contribution in [0.2, 0.25) is 0 Å². The van der Waals surface area contributed by atoms with E-state index in [1.54, 1.807) is 0 Å². The topological polar surface area (TPSA) is 30.5 Å². The van der Waals surface area contributed by atoms with Crippen molar-refractivity contribution in [2.24, 2.45) is 5.92 Å². The number of benzene rings is 1. The summed E-state index contributed by atoms with van der Waals surface area (Å²) < 4.78 is 11.1. The first-order chi connectivity index (χ1) is 7.88. The van der Waals surface area contributed by atoms with Gasteiger partial charge < -0.3 is 14.8 Å². The third-order valence-corrected chi connectivity index (χ3v) is 3.33. The van der Waals surface area contributed by atoms with E-state index in [4.69, 9.17) is 9.47 Å². The van der Waals surface area contributed by atoms with Gasteiger partial charge in [0, 0.05) is 6.04 Å². The van der Waals surface area contributed by atoms with Crippen LogP contribution in [0.15, 0.2) is 18.2 Å². The fraction of sp³-hybridized carbons (Fsp3) is 0.538. The molecule has 1 aliphatic heterocycles. The monoisotopic (exact) mass is 219 g/mol. The largest absolute Gasteiger partial charge is 0.486 e. The summed E-state index contributed by atoms with van der Waals surface area (Å²) in [6.45, 7) is 1.31. The third-order valence-electron chi connectivity index (χ3n) is 3.33. The molecule has 0 spiro atoms. The van der Waals surface area contributed by atoms with Crippen molar-refractivity contribution in [1.29, 1.82) is 0 Å². The molecule has 0 aromatic heterocycles. The minimum Gasteiger partial charge on any atom is -0.486 e. The lowest BCUT2D eigenvalue weighted by Crippen LogP contribution is -2.20. The molecule has 0 bridgehead atoms. The minimum atomic E-state index is 0.468. The van der Waals surface area contributed by atoms with Crippen LogP contribution in [-0.2, 0) is 0 Å². The Balaban J connectivity index is 1.89. The quantitative estimate of drug-likeness (QED) is 0.844. The minimum absolute atomic E-state index is 0.468. The van der Waals surface area contributed by atoms with E-state index in [-0.39, 0.29) is 0 Å². The van der Waals surface area contributed by atoms with Gasteiger partial charge in [-0.1, -0.05) is 6.07 Å². The molecule has 1 atom stereocenters. The van der Waals surface area contributed by atoms with Crippen LogP contribution in [0.25, 0.3) is 0 Å². The Morgan fingerprint density at radius 1 is 1.19 bits per heavy atom. The maximum absolute atomic E-state index is 5.61. The molecule has 1 fully saturated rings. The normalized spacial score (nSPS) is 20.6. The van der Waals surface area contributed by atoms with E-state index < -0.39 is 0 Å². The Hall–Kier alpha value is -1.22. The predicted octanol–water partition coefficient (Wildman–Crippen LogP) is 2.13. The lowest BCUT2D eigenvalue weighted by molar-refractivity contribution is 0.171. The van der Waals surface area contributed by atoms with E-state index in [0.717, 1.165) is 17.4 Å². The maximum Gasteiger partial charge on any atom is 0.161 e. The molecule has 1 N–H and O–H groups in total. The van der Waals surface area contributed by atoms with E-state index in [0.29, 0.717) is 19.3 Å². The van der Waals surface area contributed by atoms with Gasteiger partial charge in [0.2, 0.25) is 0 Å². The summed E-state index contributed by atoms with van der Waals surface area (Å²) >= 11 is 0. The first-order valence-electron chi connectivity index (χ1n) is 5.95. The van der Waals surface area contributed by atoms with E-state index in [9.17, 15) is 0 Å². The fourth-order valence-electron chi connectivity index (χ4n) is 2.36. The zero-order valence-corrected chi connectivity index (χ0v) is 9.53. The molecule has 1 saturated carbocycles. The van der Waals surface area contributed by atoms with Crippen molar-refractivity contribution in [2.75, 3.05) is 20.3 Å². The zero-order chi connectivity index (χ0) is 11.0. The molecule has 16 heavy (non-hydrogen) atoms. The molecule has 3 rings (SSSR count). The average Bonchev–Trinajstić information content (AvgIpc) is 3.14. The summed E-state index contributed by atoms with van der Waals surface area (Å²) in [7, 11) is 2.03. The van der Waals surface area contributed by atoms with Crippen LogP contribution in [-0.4, -0.2) is 20.3 Å². The smallest absolute Gasteiger partial charge is 0.161 e. The summed E-state index contributed by atoms with van der Waals surface area (Å²) in [5.41, 5.74) is 1.31. The number of hydrogen-bond donors (Lipinski definition) is 1. The van der Waals surface area contributed by atoms with Crippen molar-refractivity contribution in [3.63, 3.8) is 0 Å². The summed E-state index contributed by atoms with van der Waals surface area (Å²) in [6.07, 6.45) is 2.67. The van der Waals surface area contributed by atoms with Gasteiger partial charge in [-0.2, -0.15) is 0 Å². The number of nitrogens with one attached hydrogen (secondary N) is 1. The van der Waals surface area contributed by atoms with Crippen LogP contribution >= 0.6 is 0 Å². The summed E-state index contributed by atoms with van der Waals surface area (Å²) in [6, 6.07) is 6.76. The molecule has 1 unspecified atom stereocenters. The molecule has 1 aliphatic carbocycles. The Bertz CT molecular complexity index is 388. The standard InChI is InChI=1S/C13H17NO2/c1-14-13(9-2-3-9)10-4-5-11-12(8-10)16-7-6-15-11/h4-5,8-9,13-14H,2-3,6-7H2,1H3. The summed E-state index contributed by atoms with van der Waals surface area (Å²) in [5, 5.41) is 3.39. The molecule has 86 valence electrons. The van der Waals surface area contributed by atoms with Gasteiger partial charge in [0.05, 0.1) is 0 Å². The molecule has 3 heteroatoms. The van der Waals surface area contributed by atoms with Crippen molar-refractivity contribution >= 4 is 0 Å². The van der Waals surface area contributed by atoms with Crippen LogP contribution in [0.1, 0.15) is 24.4 Å². The molecule has 0 saturated heterocycles. The Labute approximate surface area is 95.8 Å². The Morgan fingerprint density at radius 2 is 1.94 bits per heavy atom. The number of ether oxygens (including phenoxy) is 2. The number of fused-ring (bicyclic) bond motifs is 1. The number of rotatable bonds is 3. The van der Waals surface area contributed by atoms with Crippen molar-refractivity contribution in [2.45, 2.75) is 18.9 Å². The van der Waals surface area contributed by atoms with Gasteiger partial charge >= 0.3 is 0 Å². The van der Waals surface area contributed by atoms with Crippen LogP contribution in [0.5, 0.6) is 11.5 Å². The fourth-order valence-corrected chi connectivity index (χ4v) is 2.36. The molecule has 0 radical (unpaired) electrons. The molecule has 0 amide bonds. The lowest BCUT2D eigenvalue weighted by Gasteiger charge is -2.21. The lowest BCUT2D eigenvalue weighted by atomic mass is 10.0.